The van der Waals surface area contributed by atoms with Crippen LogP contribution in [0, 0.1) is 0 Å². The Hall–Kier alpha value is -2.87. The summed E-state index contributed by atoms with van der Waals surface area (Å²) in [4.78, 5) is 18.3. The van der Waals surface area contributed by atoms with Crippen molar-refractivity contribution in [2.45, 2.75) is 33.2 Å². The van der Waals surface area contributed by atoms with Crippen LogP contribution in [-0.2, 0) is 13.3 Å². The van der Waals surface area contributed by atoms with Crippen LogP contribution in [0.5, 0.6) is 0 Å². The molecule has 0 aliphatic carbocycles. The van der Waals surface area contributed by atoms with Gasteiger partial charge in [-0.15, -0.1) is 0 Å². The van der Waals surface area contributed by atoms with E-state index in [0.29, 0.717) is 63.3 Å². The monoisotopic (exact) mass is 468 g/mol. The van der Waals surface area contributed by atoms with Crippen LogP contribution >= 0.6 is 0 Å². The van der Waals surface area contributed by atoms with Crippen molar-refractivity contribution in [2.24, 2.45) is 10.2 Å². The summed E-state index contributed by atoms with van der Waals surface area (Å²) < 4.78 is 17.6. The summed E-state index contributed by atoms with van der Waals surface area (Å²) in [5, 5.41) is 16.1. The second-order valence-corrected chi connectivity index (χ2v) is 8.81. The third kappa shape index (κ3) is 10.9. The van der Waals surface area contributed by atoms with E-state index in [1.165, 1.54) is 0 Å². The molecule has 3 N–H and O–H groups in total. The molecule has 0 saturated carbocycles. The maximum Gasteiger partial charge on any atom is 0.500 e. The van der Waals surface area contributed by atoms with Crippen LogP contribution in [0.1, 0.15) is 27.2 Å². The standard InChI is InChI=1S/C16H32N12O3Si/c1-4-29-32(30-5-2,31-6-3)13-7-8-19-14-24-15(20-9-11-22-27-17)26-16(25-14)21-10-12-23-28-18/h4-13H2,1-3H3,(H3,19,20,21,24,25,26). The minimum Gasteiger partial charge on any atom is -0.374 e. The van der Waals surface area contributed by atoms with Crippen LogP contribution in [0.3, 0.4) is 0 Å². The second kappa shape index (κ2) is 16.8. The molecule has 1 aromatic heterocycles. The molecule has 0 aliphatic heterocycles. The molecular formula is C16H32N12O3Si. The van der Waals surface area contributed by atoms with E-state index in [4.69, 9.17) is 24.3 Å². The van der Waals surface area contributed by atoms with Gasteiger partial charge in [-0.3, -0.25) is 0 Å². The van der Waals surface area contributed by atoms with E-state index in [9.17, 15) is 0 Å². The van der Waals surface area contributed by atoms with E-state index in [1.807, 2.05) is 20.8 Å². The number of azide groups is 2. The predicted octanol–water partition coefficient (Wildman–Crippen LogP) is 3.17. The van der Waals surface area contributed by atoms with E-state index < -0.39 is 8.80 Å². The molecule has 178 valence electrons. The highest BCUT2D eigenvalue weighted by molar-refractivity contribution is 6.60. The molecule has 0 amide bonds. The summed E-state index contributed by atoms with van der Waals surface area (Å²) in [6.45, 7) is 9.19. The van der Waals surface area contributed by atoms with Crippen molar-refractivity contribution in [1.82, 2.24) is 15.0 Å². The molecule has 0 aromatic carbocycles. The minimum atomic E-state index is -2.70. The molecule has 0 saturated heterocycles. The predicted molar refractivity (Wildman–Crippen MR) is 123 cm³/mol. The Morgan fingerprint density at radius 2 is 1.16 bits per heavy atom. The molecule has 32 heavy (non-hydrogen) atoms. The Kier molecular flexibility index (Phi) is 14.2. The zero-order chi connectivity index (χ0) is 23.5. The van der Waals surface area contributed by atoms with E-state index >= 15 is 0 Å². The van der Waals surface area contributed by atoms with Crippen LogP contribution < -0.4 is 16.0 Å². The topological polar surface area (TPSA) is 200 Å². The van der Waals surface area contributed by atoms with E-state index in [-0.39, 0.29) is 13.1 Å². The van der Waals surface area contributed by atoms with Crippen molar-refractivity contribution < 1.29 is 13.3 Å². The first kappa shape index (κ1) is 27.2. The number of nitrogens with zero attached hydrogens (tertiary/aromatic N) is 9. The lowest BCUT2D eigenvalue weighted by Crippen LogP contribution is -2.46. The van der Waals surface area contributed by atoms with Crippen LogP contribution in [0.2, 0.25) is 6.04 Å². The fourth-order valence-electron chi connectivity index (χ4n) is 2.64. The Balaban J connectivity index is 2.75. The van der Waals surface area contributed by atoms with Gasteiger partial charge >= 0.3 is 8.80 Å². The quantitative estimate of drug-likeness (QED) is 0.0896. The van der Waals surface area contributed by atoms with Crippen molar-refractivity contribution in [3.63, 3.8) is 0 Å². The van der Waals surface area contributed by atoms with Crippen LogP contribution in [0.15, 0.2) is 10.2 Å². The number of hydrogen-bond acceptors (Lipinski definition) is 11. The molecule has 1 rings (SSSR count). The molecule has 0 aliphatic rings. The minimum absolute atomic E-state index is 0.254. The van der Waals surface area contributed by atoms with Gasteiger partial charge in [-0.05, 0) is 38.3 Å². The van der Waals surface area contributed by atoms with Crippen molar-refractivity contribution in [3.05, 3.63) is 20.9 Å². The van der Waals surface area contributed by atoms with E-state index in [0.717, 1.165) is 6.42 Å². The molecule has 0 atom stereocenters. The van der Waals surface area contributed by atoms with Gasteiger partial charge in [0.1, 0.15) is 0 Å². The molecule has 0 unspecified atom stereocenters. The molecule has 0 bridgehead atoms. The Morgan fingerprint density at radius 1 is 0.750 bits per heavy atom. The number of anilines is 3. The smallest absolute Gasteiger partial charge is 0.374 e. The largest absolute Gasteiger partial charge is 0.500 e. The number of aromatic nitrogens is 3. The van der Waals surface area contributed by atoms with Gasteiger partial charge in [0.15, 0.2) is 0 Å². The zero-order valence-electron chi connectivity index (χ0n) is 18.8. The van der Waals surface area contributed by atoms with Crippen LogP contribution in [0.4, 0.5) is 17.8 Å². The van der Waals surface area contributed by atoms with Gasteiger partial charge in [-0.1, -0.05) is 10.2 Å². The van der Waals surface area contributed by atoms with Crippen molar-refractivity contribution >= 4 is 26.6 Å². The van der Waals surface area contributed by atoms with Crippen LogP contribution in [-0.4, -0.2) is 76.3 Å². The summed E-state index contributed by atoms with van der Waals surface area (Å²) in [5.41, 5.74) is 16.8. The first-order valence-corrected chi connectivity index (χ1v) is 12.5. The number of rotatable bonds is 19. The van der Waals surface area contributed by atoms with Gasteiger partial charge in [0, 0.05) is 68.4 Å². The second-order valence-electron chi connectivity index (χ2n) is 6.08. The number of nitrogens with one attached hydrogen (secondary N) is 3. The Bertz CT molecular complexity index is 699. The molecule has 1 heterocycles. The molecular weight excluding hydrogens is 436 g/mol. The maximum atomic E-state index is 8.38. The van der Waals surface area contributed by atoms with Crippen molar-refractivity contribution in [2.75, 3.05) is 68.5 Å². The van der Waals surface area contributed by atoms with Crippen molar-refractivity contribution in [1.29, 1.82) is 0 Å². The highest BCUT2D eigenvalue weighted by Crippen LogP contribution is 2.18. The molecule has 0 spiro atoms. The van der Waals surface area contributed by atoms with Gasteiger partial charge < -0.3 is 29.2 Å². The molecule has 16 heteroatoms. The molecule has 15 nitrogen and oxygen atoms in total. The highest BCUT2D eigenvalue weighted by Gasteiger charge is 2.39. The summed E-state index contributed by atoms with van der Waals surface area (Å²) in [6.07, 6.45) is 0.733. The third-order valence-corrected chi connectivity index (χ3v) is 6.94. The van der Waals surface area contributed by atoms with Gasteiger partial charge in [0.05, 0.1) is 0 Å². The Morgan fingerprint density at radius 3 is 1.53 bits per heavy atom. The first-order chi connectivity index (χ1) is 15.6. The van der Waals surface area contributed by atoms with E-state index in [2.05, 4.69) is 51.0 Å². The van der Waals surface area contributed by atoms with Gasteiger partial charge in [-0.2, -0.15) is 15.0 Å². The van der Waals surface area contributed by atoms with Gasteiger partial charge in [-0.25, -0.2) is 0 Å². The first-order valence-electron chi connectivity index (χ1n) is 10.5. The summed E-state index contributed by atoms with van der Waals surface area (Å²) in [5.74, 6) is 1.02. The zero-order valence-corrected chi connectivity index (χ0v) is 19.8. The van der Waals surface area contributed by atoms with Gasteiger partial charge in [0.25, 0.3) is 0 Å². The average Bonchev–Trinajstić information content (AvgIpc) is 2.78. The summed E-state index contributed by atoms with van der Waals surface area (Å²) in [6, 6.07) is 0.662. The average molecular weight is 469 g/mol. The normalized spacial score (nSPS) is 10.7. The SMILES string of the molecule is CCO[Si](CCCNc1nc(NCCN=[N+]=[N-])nc(NCCN=[N+]=[N-])n1)(OCC)OCC. The summed E-state index contributed by atoms with van der Waals surface area (Å²) >= 11 is 0. The molecule has 0 fully saturated rings. The lowest BCUT2D eigenvalue weighted by atomic mass is 10.5. The fraction of sp³-hybridized carbons (Fsp3) is 0.812. The number of hydrogen-bond donors (Lipinski definition) is 3. The Labute approximate surface area is 188 Å². The lowest BCUT2D eigenvalue weighted by molar-refractivity contribution is 0.0710. The van der Waals surface area contributed by atoms with E-state index in [1.54, 1.807) is 0 Å². The maximum absolute atomic E-state index is 8.38. The third-order valence-electron chi connectivity index (χ3n) is 3.79. The van der Waals surface area contributed by atoms with Crippen LogP contribution in [0.25, 0.3) is 20.9 Å². The lowest BCUT2D eigenvalue weighted by Gasteiger charge is -2.28. The fourth-order valence-corrected chi connectivity index (χ4v) is 5.26. The summed E-state index contributed by atoms with van der Waals surface area (Å²) in [7, 11) is -2.70. The van der Waals surface area contributed by atoms with Crippen molar-refractivity contribution in [3.8, 4) is 0 Å². The molecule has 0 radical (unpaired) electrons. The highest BCUT2D eigenvalue weighted by atomic mass is 28.4. The van der Waals surface area contributed by atoms with Gasteiger partial charge in [0.2, 0.25) is 17.8 Å². The molecule has 1 aromatic rings.